The SMILES string of the molecule is Cl.N[C@H]1CCOc2c(F)ccc(Br)c21. The highest BCUT2D eigenvalue weighted by Crippen LogP contribution is 2.37. The first-order chi connectivity index (χ1) is 6.20. The van der Waals surface area contributed by atoms with Crippen molar-refractivity contribution in [3.05, 3.63) is 28.0 Å². The van der Waals surface area contributed by atoms with E-state index in [0.717, 1.165) is 16.5 Å². The Kier molecular flexibility index (Phi) is 3.75. The minimum atomic E-state index is -0.339. The first-order valence-corrected chi connectivity index (χ1v) is 4.85. The Hall–Kier alpha value is -0.320. The molecule has 0 aromatic heterocycles. The van der Waals surface area contributed by atoms with Crippen LogP contribution < -0.4 is 10.5 Å². The summed E-state index contributed by atoms with van der Waals surface area (Å²) in [6.07, 6.45) is 0.731. The van der Waals surface area contributed by atoms with E-state index in [1.54, 1.807) is 6.07 Å². The Balaban J connectivity index is 0.000000980. The molecule has 0 fully saturated rings. The molecule has 1 heterocycles. The molecule has 0 bridgehead atoms. The second-order valence-corrected chi connectivity index (χ2v) is 3.87. The van der Waals surface area contributed by atoms with Crippen molar-refractivity contribution in [2.75, 3.05) is 6.61 Å². The molecule has 2 nitrogen and oxygen atoms in total. The van der Waals surface area contributed by atoms with Crippen LogP contribution in [0.3, 0.4) is 0 Å². The molecule has 0 saturated heterocycles. The lowest BCUT2D eigenvalue weighted by molar-refractivity contribution is 0.255. The molecule has 0 spiro atoms. The van der Waals surface area contributed by atoms with E-state index in [9.17, 15) is 4.39 Å². The first-order valence-electron chi connectivity index (χ1n) is 4.06. The highest BCUT2D eigenvalue weighted by molar-refractivity contribution is 9.10. The van der Waals surface area contributed by atoms with Crippen molar-refractivity contribution in [2.45, 2.75) is 12.5 Å². The van der Waals surface area contributed by atoms with Crippen molar-refractivity contribution in [3.63, 3.8) is 0 Å². The number of rotatable bonds is 0. The molecule has 1 aliphatic rings. The van der Waals surface area contributed by atoms with Gasteiger partial charge in [-0.3, -0.25) is 0 Å². The largest absolute Gasteiger partial charge is 0.490 e. The molecular weight excluding hydrogens is 272 g/mol. The van der Waals surface area contributed by atoms with E-state index >= 15 is 0 Å². The van der Waals surface area contributed by atoms with E-state index in [0.29, 0.717) is 12.4 Å². The summed E-state index contributed by atoms with van der Waals surface area (Å²) in [6, 6.07) is 2.90. The summed E-state index contributed by atoms with van der Waals surface area (Å²) in [5, 5.41) is 0. The predicted molar refractivity (Wildman–Crippen MR) is 58.4 cm³/mol. The van der Waals surface area contributed by atoms with Gasteiger partial charge in [-0.25, -0.2) is 4.39 Å². The minimum absolute atomic E-state index is 0. The summed E-state index contributed by atoms with van der Waals surface area (Å²) < 4.78 is 19.3. The third kappa shape index (κ3) is 1.87. The summed E-state index contributed by atoms with van der Waals surface area (Å²) in [6.45, 7) is 0.488. The third-order valence-corrected chi connectivity index (χ3v) is 2.83. The Labute approximate surface area is 96.2 Å². The molecule has 2 rings (SSSR count). The minimum Gasteiger partial charge on any atom is -0.490 e. The van der Waals surface area contributed by atoms with Gasteiger partial charge in [-0.2, -0.15) is 0 Å². The van der Waals surface area contributed by atoms with Crippen LogP contribution in [0, 0.1) is 5.82 Å². The van der Waals surface area contributed by atoms with Gasteiger partial charge in [-0.05, 0) is 12.1 Å². The third-order valence-electron chi connectivity index (χ3n) is 2.14. The second kappa shape index (κ2) is 4.47. The van der Waals surface area contributed by atoms with Gasteiger partial charge in [0, 0.05) is 22.5 Å². The summed E-state index contributed by atoms with van der Waals surface area (Å²) in [4.78, 5) is 0. The molecule has 0 amide bonds. The Morgan fingerprint density at radius 1 is 1.50 bits per heavy atom. The van der Waals surface area contributed by atoms with Crippen LogP contribution in [0.15, 0.2) is 16.6 Å². The van der Waals surface area contributed by atoms with Crippen LogP contribution in [0.2, 0.25) is 0 Å². The maximum absolute atomic E-state index is 13.2. The standard InChI is InChI=1S/C9H9BrFNO.ClH/c10-5-1-2-6(11)9-8(5)7(12)3-4-13-9;/h1-2,7H,3-4,12H2;1H/t7-;/m0./s1. The van der Waals surface area contributed by atoms with Gasteiger partial charge in [-0.15, -0.1) is 12.4 Å². The lowest BCUT2D eigenvalue weighted by atomic mass is 10.0. The lowest BCUT2D eigenvalue weighted by Crippen LogP contribution is -2.21. The van der Waals surface area contributed by atoms with Crippen LogP contribution >= 0.6 is 28.3 Å². The van der Waals surface area contributed by atoms with Gasteiger partial charge in [-0.1, -0.05) is 15.9 Å². The second-order valence-electron chi connectivity index (χ2n) is 3.02. The van der Waals surface area contributed by atoms with Gasteiger partial charge in [0.1, 0.15) is 0 Å². The van der Waals surface area contributed by atoms with Gasteiger partial charge in [0.15, 0.2) is 11.6 Å². The lowest BCUT2D eigenvalue weighted by Gasteiger charge is -2.24. The number of ether oxygens (including phenoxy) is 1. The summed E-state index contributed by atoms with van der Waals surface area (Å²) in [5.74, 6) is -0.0403. The average Bonchev–Trinajstić information content (AvgIpc) is 2.12. The zero-order chi connectivity index (χ0) is 9.42. The molecule has 0 radical (unpaired) electrons. The molecule has 1 aromatic rings. The molecule has 0 unspecified atom stereocenters. The fraction of sp³-hybridized carbons (Fsp3) is 0.333. The van der Waals surface area contributed by atoms with Crippen LogP contribution in [-0.2, 0) is 0 Å². The van der Waals surface area contributed by atoms with Gasteiger partial charge in [0.2, 0.25) is 0 Å². The number of hydrogen-bond acceptors (Lipinski definition) is 2. The Morgan fingerprint density at radius 2 is 2.21 bits per heavy atom. The summed E-state index contributed by atoms with van der Waals surface area (Å²) >= 11 is 3.33. The molecule has 5 heteroatoms. The average molecular weight is 283 g/mol. The monoisotopic (exact) mass is 281 g/mol. The van der Waals surface area contributed by atoms with Crippen molar-refractivity contribution in [1.82, 2.24) is 0 Å². The molecule has 2 N–H and O–H groups in total. The van der Waals surface area contributed by atoms with E-state index in [1.807, 2.05) is 0 Å². The maximum atomic E-state index is 13.2. The zero-order valence-electron chi connectivity index (χ0n) is 7.30. The molecule has 78 valence electrons. The highest BCUT2D eigenvalue weighted by Gasteiger charge is 2.23. The first kappa shape index (κ1) is 11.8. The highest BCUT2D eigenvalue weighted by atomic mass is 79.9. The molecule has 1 aromatic carbocycles. The van der Waals surface area contributed by atoms with E-state index < -0.39 is 0 Å². The van der Waals surface area contributed by atoms with Gasteiger partial charge < -0.3 is 10.5 Å². The van der Waals surface area contributed by atoms with Crippen LogP contribution in [0.5, 0.6) is 5.75 Å². The molecule has 14 heavy (non-hydrogen) atoms. The van der Waals surface area contributed by atoms with E-state index in [2.05, 4.69) is 15.9 Å². The van der Waals surface area contributed by atoms with Crippen molar-refractivity contribution in [2.24, 2.45) is 5.73 Å². The van der Waals surface area contributed by atoms with Gasteiger partial charge in [0.25, 0.3) is 0 Å². The number of nitrogens with two attached hydrogens (primary N) is 1. The van der Waals surface area contributed by atoms with Crippen molar-refractivity contribution in [1.29, 1.82) is 0 Å². The summed E-state index contributed by atoms with van der Waals surface area (Å²) in [7, 11) is 0. The van der Waals surface area contributed by atoms with Crippen LogP contribution in [0.1, 0.15) is 18.0 Å². The van der Waals surface area contributed by atoms with Crippen molar-refractivity contribution in [3.8, 4) is 5.75 Å². The van der Waals surface area contributed by atoms with E-state index in [4.69, 9.17) is 10.5 Å². The van der Waals surface area contributed by atoms with E-state index in [-0.39, 0.29) is 24.3 Å². The smallest absolute Gasteiger partial charge is 0.165 e. The van der Waals surface area contributed by atoms with Crippen LogP contribution in [0.25, 0.3) is 0 Å². The Bertz CT molecular complexity index is 348. The quantitative estimate of drug-likeness (QED) is 0.794. The number of benzene rings is 1. The van der Waals surface area contributed by atoms with Crippen LogP contribution in [-0.4, -0.2) is 6.61 Å². The molecule has 0 saturated carbocycles. The van der Waals surface area contributed by atoms with Crippen molar-refractivity contribution < 1.29 is 9.13 Å². The zero-order valence-corrected chi connectivity index (χ0v) is 9.70. The maximum Gasteiger partial charge on any atom is 0.165 e. The number of fused-ring (bicyclic) bond motifs is 1. The number of hydrogen-bond donors (Lipinski definition) is 1. The fourth-order valence-corrected chi connectivity index (χ4v) is 2.08. The summed E-state index contributed by atoms with van der Waals surface area (Å²) in [5.41, 5.74) is 6.58. The molecule has 1 atom stereocenters. The number of halogens is 3. The topological polar surface area (TPSA) is 35.2 Å². The Morgan fingerprint density at radius 3 is 2.86 bits per heavy atom. The predicted octanol–water partition coefficient (Wildman–Crippen LogP) is 2.79. The fourth-order valence-electron chi connectivity index (χ4n) is 1.47. The normalized spacial score (nSPS) is 19.2. The molecular formula is C9H10BrClFNO. The van der Waals surface area contributed by atoms with Crippen LogP contribution in [0.4, 0.5) is 4.39 Å². The molecule has 0 aliphatic carbocycles. The van der Waals surface area contributed by atoms with E-state index in [1.165, 1.54) is 6.07 Å². The van der Waals surface area contributed by atoms with Gasteiger partial charge >= 0.3 is 0 Å². The van der Waals surface area contributed by atoms with Crippen molar-refractivity contribution >= 4 is 28.3 Å². The van der Waals surface area contributed by atoms with Gasteiger partial charge in [0.05, 0.1) is 6.61 Å². The molecule has 1 aliphatic heterocycles.